The molecule has 208 valence electrons. The van der Waals surface area contributed by atoms with Crippen molar-refractivity contribution in [2.45, 2.75) is 50.6 Å². The fourth-order valence-corrected chi connectivity index (χ4v) is 7.18. The monoisotopic (exact) mass is 590 g/mol. The molecular weight excluding hydrogens is 560 g/mol. The van der Waals surface area contributed by atoms with E-state index >= 15 is 0 Å². The number of hydrogen-bond donors (Lipinski definition) is 2. The van der Waals surface area contributed by atoms with Gasteiger partial charge in [-0.2, -0.15) is 4.31 Å². The third-order valence-corrected chi connectivity index (χ3v) is 10.1. The summed E-state index contributed by atoms with van der Waals surface area (Å²) in [4.78, 5) is 30.9. The van der Waals surface area contributed by atoms with Crippen LogP contribution in [-0.2, 0) is 34.2 Å². The van der Waals surface area contributed by atoms with Crippen LogP contribution in [0.5, 0.6) is 0 Å². The van der Waals surface area contributed by atoms with E-state index in [2.05, 4.69) is 17.2 Å². The summed E-state index contributed by atoms with van der Waals surface area (Å²) < 4.78 is 28.6. The number of rotatable bonds is 10. The first-order valence-electron chi connectivity index (χ1n) is 12.7. The molecule has 1 aliphatic heterocycles. The number of sulfonamides is 1. The number of nitrogens with one attached hydrogen (secondary N) is 1. The predicted molar refractivity (Wildman–Crippen MR) is 152 cm³/mol. The van der Waals surface area contributed by atoms with Crippen LogP contribution in [-0.4, -0.2) is 60.4 Å². The summed E-state index contributed by atoms with van der Waals surface area (Å²) in [6.45, 7) is 4.57. The van der Waals surface area contributed by atoms with Crippen LogP contribution in [0.15, 0.2) is 53.4 Å². The molecule has 1 fully saturated rings. The molecule has 1 aliphatic rings. The average Bonchev–Trinajstić information content (AvgIpc) is 3.34. The minimum absolute atomic E-state index is 0.00353. The standard InChI is InChI=1S/C27H31ClN4O5S2/c1-3-5-19-6-8-20(9-7-19)16-29-25(33)22-17-31(27-30-24(28)23(38-27)26(34)35)14-15-32(22)39(36,37)21-12-10-18(4-2)11-13-21/h6-13,22H,3-5,14-17H2,1-2H3,(H,29,33)(H,34,35). The van der Waals surface area contributed by atoms with Crippen molar-refractivity contribution in [2.24, 2.45) is 0 Å². The number of carbonyl (C=O) groups is 2. The molecule has 4 rings (SSSR count). The number of aromatic nitrogens is 1. The second-order valence-electron chi connectivity index (χ2n) is 9.28. The van der Waals surface area contributed by atoms with Crippen LogP contribution in [0.3, 0.4) is 0 Å². The molecule has 0 aliphatic carbocycles. The van der Waals surface area contributed by atoms with Crippen LogP contribution >= 0.6 is 22.9 Å². The minimum Gasteiger partial charge on any atom is -0.477 e. The number of hydrogen-bond acceptors (Lipinski definition) is 7. The SMILES string of the molecule is CCCc1ccc(CNC(=O)C2CN(c3nc(Cl)c(C(=O)O)s3)CCN2S(=O)(=O)c2ccc(CC)cc2)cc1. The van der Waals surface area contributed by atoms with E-state index in [1.54, 1.807) is 29.2 Å². The highest BCUT2D eigenvalue weighted by atomic mass is 35.5. The van der Waals surface area contributed by atoms with E-state index in [1.165, 1.54) is 9.87 Å². The van der Waals surface area contributed by atoms with E-state index in [1.807, 2.05) is 31.2 Å². The predicted octanol–water partition coefficient (Wildman–Crippen LogP) is 4.21. The van der Waals surface area contributed by atoms with Crippen molar-refractivity contribution >= 4 is 50.0 Å². The molecule has 0 spiro atoms. The number of aromatic carboxylic acids is 1. The van der Waals surface area contributed by atoms with Gasteiger partial charge < -0.3 is 15.3 Å². The van der Waals surface area contributed by atoms with E-state index in [-0.39, 0.29) is 41.1 Å². The Morgan fingerprint density at radius 3 is 2.28 bits per heavy atom. The Labute approximate surface area is 237 Å². The number of amides is 1. The molecule has 1 unspecified atom stereocenters. The molecule has 9 nitrogen and oxygen atoms in total. The Balaban J connectivity index is 1.59. The number of halogens is 1. The number of carboxylic acids is 1. The molecule has 12 heteroatoms. The van der Waals surface area contributed by atoms with Crippen LogP contribution in [0, 0.1) is 0 Å². The Morgan fingerprint density at radius 1 is 1.05 bits per heavy atom. The van der Waals surface area contributed by atoms with E-state index in [4.69, 9.17) is 11.6 Å². The first-order valence-corrected chi connectivity index (χ1v) is 15.4. The number of piperazine rings is 1. The summed E-state index contributed by atoms with van der Waals surface area (Å²) >= 11 is 6.91. The largest absolute Gasteiger partial charge is 0.477 e. The van der Waals surface area contributed by atoms with Gasteiger partial charge in [0.25, 0.3) is 0 Å². The van der Waals surface area contributed by atoms with Crippen molar-refractivity contribution in [3.63, 3.8) is 0 Å². The number of anilines is 1. The summed E-state index contributed by atoms with van der Waals surface area (Å²) in [5.74, 6) is -1.65. The summed E-state index contributed by atoms with van der Waals surface area (Å²) in [5, 5.41) is 12.4. The van der Waals surface area contributed by atoms with Gasteiger partial charge in [0.15, 0.2) is 15.2 Å². The molecule has 1 aromatic heterocycles. The second-order valence-corrected chi connectivity index (χ2v) is 12.5. The smallest absolute Gasteiger partial charge is 0.349 e. The fourth-order valence-electron chi connectivity index (χ4n) is 4.45. The molecule has 3 aromatic rings. The lowest BCUT2D eigenvalue weighted by molar-refractivity contribution is -0.125. The van der Waals surface area contributed by atoms with E-state index in [0.29, 0.717) is 5.13 Å². The van der Waals surface area contributed by atoms with E-state index in [0.717, 1.165) is 41.7 Å². The topological polar surface area (TPSA) is 120 Å². The van der Waals surface area contributed by atoms with Crippen LogP contribution in [0.4, 0.5) is 5.13 Å². The number of carbonyl (C=O) groups excluding carboxylic acids is 1. The van der Waals surface area contributed by atoms with Crippen molar-refractivity contribution in [3.05, 3.63) is 75.3 Å². The van der Waals surface area contributed by atoms with Gasteiger partial charge >= 0.3 is 5.97 Å². The van der Waals surface area contributed by atoms with Crippen molar-refractivity contribution in [3.8, 4) is 0 Å². The minimum atomic E-state index is -3.99. The first-order chi connectivity index (χ1) is 18.6. The van der Waals surface area contributed by atoms with Crippen molar-refractivity contribution in [1.29, 1.82) is 0 Å². The fraction of sp³-hybridized carbons (Fsp3) is 0.370. The molecule has 0 radical (unpaired) electrons. The highest BCUT2D eigenvalue weighted by Gasteiger charge is 2.41. The molecule has 0 saturated carbocycles. The average molecular weight is 591 g/mol. The molecule has 2 heterocycles. The van der Waals surface area contributed by atoms with Crippen LogP contribution in [0.1, 0.15) is 46.6 Å². The zero-order valence-corrected chi connectivity index (χ0v) is 24.2. The van der Waals surface area contributed by atoms with Gasteiger partial charge in [-0.1, -0.05) is 79.6 Å². The van der Waals surface area contributed by atoms with Crippen molar-refractivity contribution < 1.29 is 23.1 Å². The molecule has 1 atom stereocenters. The maximum absolute atomic E-state index is 13.7. The van der Waals surface area contributed by atoms with Gasteiger partial charge in [-0.3, -0.25) is 4.79 Å². The summed E-state index contributed by atoms with van der Waals surface area (Å²) in [5.41, 5.74) is 3.12. The Kier molecular flexibility index (Phi) is 9.27. The summed E-state index contributed by atoms with van der Waals surface area (Å²) in [6, 6.07) is 13.6. The summed E-state index contributed by atoms with van der Waals surface area (Å²) in [6.07, 6.45) is 2.79. The van der Waals surface area contributed by atoms with Crippen LogP contribution in [0.2, 0.25) is 5.15 Å². The lowest BCUT2D eigenvalue weighted by atomic mass is 10.1. The van der Waals surface area contributed by atoms with Gasteiger partial charge in [-0.15, -0.1) is 0 Å². The number of nitrogens with zero attached hydrogens (tertiary/aromatic N) is 3. The number of carboxylic acid groups (broad SMARTS) is 1. The quantitative estimate of drug-likeness (QED) is 0.363. The zero-order valence-electron chi connectivity index (χ0n) is 21.8. The van der Waals surface area contributed by atoms with Crippen LogP contribution in [0.25, 0.3) is 0 Å². The van der Waals surface area contributed by atoms with Gasteiger partial charge in [-0.05, 0) is 41.7 Å². The van der Waals surface area contributed by atoms with E-state index in [9.17, 15) is 23.1 Å². The third-order valence-electron chi connectivity index (χ3n) is 6.64. The van der Waals surface area contributed by atoms with Gasteiger partial charge in [0.1, 0.15) is 6.04 Å². The molecule has 39 heavy (non-hydrogen) atoms. The highest BCUT2D eigenvalue weighted by Crippen LogP contribution is 2.32. The third kappa shape index (κ3) is 6.60. The van der Waals surface area contributed by atoms with E-state index < -0.39 is 27.9 Å². The molecule has 1 amide bonds. The first kappa shape index (κ1) is 29.0. The van der Waals surface area contributed by atoms with Crippen molar-refractivity contribution in [2.75, 3.05) is 24.5 Å². The molecular formula is C27H31ClN4O5S2. The maximum Gasteiger partial charge on any atom is 0.349 e. The van der Waals surface area contributed by atoms with Crippen LogP contribution < -0.4 is 10.2 Å². The Bertz CT molecular complexity index is 1430. The number of aryl methyl sites for hydroxylation is 2. The number of thiazole rings is 1. The number of benzene rings is 2. The normalized spacial score (nSPS) is 16.3. The molecule has 0 bridgehead atoms. The maximum atomic E-state index is 13.7. The lowest BCUT2D eigenvalue weighted by Gasteiger charge is -2.39. The Morgan fingerprint density at radius 2 is 1.69 bits per heavy atom. The van der Waals surface area contributed by atoms with Gasteiger partial charge in [0, 0.05) is 26.2 Å². The summed E-state index contributed by atoms with van der Waals surface area (Å²) in [7, 11) is -3.99. The molecule has 1 saturated heterocycles. The molecule has 2 aromatic carbocycles. The van der Waals surface area contributed by atoms with Crippen molar-refractivity contribution in [1.82, 2.24) is 14.6 Å². The second kappa shape index (κ2) is 12.5. The van der Waals surface area contributed by atoms with Gasteiger partial charge in [0.05, 0.1) is 4.90 Å². The zero-order chi connectivity index (χ0) is 28.2. The lowest BCUT2D eigenvalue weighted by Crippen LogP contribution is -2.60. The Hall–Kier alpha value is -2.99. The van der Waals surface area contributed by atoms with Gasteiger partial charge in [0.2, 0.25) is 15.9 Å². The molecule has 2 N–H and O–H groups in total. The highest BCUT2D eigenvalue weighted by molar-refractivity contribution is 7.89. The van der Waals surface area contributed by atoms with Gasteiger partial charge in [-0.25, -0.2) is 18.2 Å².